The Morgan fingerprint density at radius 3 is 2.22 bits per heavy atom. The van der Waals surface area contributed by atoms with Gasteiger partial charge in [0, 0.05) is 4.47 Å². The third-order valence-corrected chi connectivity index (χ3v) is 3.99. The lowest BCUT2D eigenvalue weighted by Crippen LogP contribution is -1.90. The highest BCUT2D eigenvalue weighted by Gasteiger charge is 2.03. The Morgan fingerprint density at radius 2 is 1.33 bits per heavy atom. The molecule has 88 valence electrons. The molecule has 18 heavy (non-hydrogen) atoms. The summed E-state index contributed by atoms with van der Waals surface area (Å²) in [6, 6.07) is 23.5. The lowest BCUT2D eigenvalue weighted by atomic mass is 9.99. The largest absolute Gasteiger partial charge is 0.0619 e. The molecule has 3 aromatic rings. The maximum Gasteiger partial charge on any atom is 0.0210 e. The summed E-state index contributed by atoms with van der Waals surface area (Å²) in [6.45, 7) is 0. The fraction of sp³-hybridized carbons (Fsp3) is 0.0588. The van der Waals surface area contributed by atoms with E-state index in [0.29, 0.717) is 0 Å². The molecule has 0 radical (unpaired) electrons. The van der Waals surface area contributed by atoms with Crippen molar-refractivity contribution in [3.8, 4) is 0 Å². The molecule has 0 aliphatic heterocycles. The van der Waals surface area contributed by atoms with Crippen molar-refractivity contribution >= 4 is 26.7 Å². The van der Waals surface area contributed by atoms with E-state index in [4.69, 9.17) is 0 Å². The van der Waals surface area contributed by atoms with E-state index in [-0.39, 0.29) is 0 Å². The second-order valence-corrected chi connectivity index (χ2v) is 5.26. The van der Waals surface area contributed by atoms with E-state index in [1.165, 1.54) is 26.4 Å². The molecule has 0 amide bonds. The lowest BCUT2D eigenvalue weighted by Gasteiger charge is -2.08. The molecular weight excluding hydrogens is 284 g/mol. The standard InChI is InChI=1S/C17H13Br/c18-17-11-4-2-7-15(17)12-14-9-5-8-13-6-1-3-10-16(13)14/h1-11H,12H2. The molecule has 0 aromatic heterocycles. The Labute approximate surface area is 115 Å². The molecule has 0 saturated heterocycles. The smallest absolute Gasteiger partial charge is 0.0210 e. The number of benzene rings is 3. The first kappa shape index (κ1) is 11.5. The summed E-state index contributed by atoms with van der Waals surface area (Å²) in [6.07, 6.45) is 0.961. The summed E-state index contributed by atoms with van der Waals surface area (Å²) in [5.74, 6) is 0. The van der Waals surface area contributed by atoms with Gasteiger partial charge in [0.15, 0.2) is 0 Å². The van der Waals surface area contributed by atoms with Crippen LogP contribution in [0.25, 0.3) is 10.8 Å². The first-order valence-corrected chi connectivity index (χ1v) is 6.84. The Kier molecular flexibility index (Phi) is 3.16. The monoisotopic (exact) mass is 296 g/mol. The normalized spacial score (nSPS) is 10.7. The molecule has 0 N–H and O–H groups in total. The Bertz CT molecular complexity index is 681. The average Bonchev–Trinajstić information content (AvgIpc) is 2.42. The average molecular weight is 297 g/mol. The molecule has 0 heterocycles. The fourth-order valence-corrected chi connectivity index (χ4v) is 2.72. The van der Waals surface area contributed by atoms with Crippen LogP contribution in [-0.4, -0.2) is 0 Å². The van der Waals surface area contributed by atoms with Gasteiger partial charge in [-0.15, -0.1) is 0 Å². The van der Waals surface area contributed by atoms with Crippen molar-refractivity contribution < 1.29 is 0 Å². The molecule has 0 fully saturated rings. The van der Waals surface area contributed by atoms with Gasteiger partial charge in [-0.25, -0.2) is 0 Å². The number of hydrogen-bond acceptors (Lipinski definition) is 0. The molecule has 0 unspecified atom stereocenters. The fourth-order valence-electron chi connectivity index (χ4n) is 2.29. The number of hydrogen-bond donors (Lipinski definition) is 0. The second-order valence-electron chi connectivity index (χ2n) is 4.41. The molecular formula is C17H13Br. The van der Waals surface area contributed by atoms with Crippen molar-refractivity contribution in [2.45, 2.75) is 6.42 Å². The van der Waals surface area contributed by atoms with E-state index in [1.807, 2.05) is 0 Å². The minimum atomic E-state index is 0.961. The zero-order chi connectivity index (χ0) is 12.4. The second kappa shape index (κ2) is 4.95. The minimum Gasteiger partial charge on any atom is -0.0619 e. The van der Waals surface area contributed by atoms with Gasteiger partial charge in [-0.2, -0.15) is 0 Å². The van der Waals surface area contributed by atoms with E-state index in [9.17, 15) is 0 Å². The van der Waals surface area contributed by atoms with E-state index < -0.39 is 0 Å². The minimum absolute atomic E-state index is 0.961. The van der Waals surface area contributed by atoms with Gasteiger partial charge in [0.05, 0.1) is 0 Å². The summed E-state index contributed by atoms with van der Waals surface area (Å²) in [5, 5.41) is 2.65. The van der Waals surface area contributed by atoms with Gasteiger partial charge in [-0.3, -0.25) is 0 Å². The molecule has 3 aromatic carbocycles. The third kappa shape index (κ3) is 2.19. The van der Waals surface area contributed by atoms with Crippen LogP contribution < -0.4 is 0 Å². The number of rotatable bonds is 2. The Morgan fingerprint density at radius 1 is 0.667 bits per heavy atom. The molecule has 0 nitrogen and oxygen atoms in total. The van der Waals surface area contributed by atoms with Crippen LogP contribution in [0.3, 0.4) is 0 Å². The van der Waals surface area contributed by atoms with Crippen molar-refractivity contribution in [3.05, 3.63) is 82.3 Å². The zero-order valence-electron chi connectivity index (χ0n) is 9.94. The van der Waals surface area contributed by atoms with Crippen LogP contribution in [-0.2, 0) is 6.42 Å². The van der Waals surface area contributed by atoms with Gasteiger partial charge in [-0.05, 0) is 34.4 Å². The number of fused-ring (bicyclic) bond motifs is 1. The maximum atomic E-state index is 3.62. The van der Waals surface area contributed by atoms with Crippen LogP contribution in [0.1, 0.15) is 11.1 Å². The van der Waals surface area contributed by atoms with Crippen molar-refractivity contribution in [1.82, 2.24) is 0 Å². The number of halogens is 1. The van der Waals surface area contributed by atoms with E-state index in [1.54, 1.807) is 0 Å². The quantitative estimate of drug-likeness (QED) is 0.610. The topological polar surface area (TPSA) is 0 Å². The third-order valence-electron chi connectivity index (χ3n) is 3.22. The van der Waals surface area contributed by atoms with Gasteiger partial charge in [0.1, 0.15) is 0 Å². The highest BCUT2D eigenvalue weighted by Crippen LogP contribution is 2.24. The molecule has 1 heteroatoms. The molecule has 0 saturated carbocycles. The Balaban J connectivity index is 2.08. The van der Waals surface area contributed by atoms with Gasteiger partial charge in [0.25, 0.3) is 0 Å². The van der Waals surface area contributed by atoms with Crippen molar-refractivity contribution in [3.63, 3.8) is 0 Å². The highest BCUT2D eigenvalue weighted by atomic mass is 79.9. The predicted molar refractivity (Wildman–Crippen MR) is 80.9 cm³/mol. The van der Waals surface area contributed by atoms with Crippen LogP contribution in [0.15, 0.2) is 71.2 Å². The van der Waals surface area contributed by atoms with Crippen molar-refractivity contribution in [1.29, 1.82) is 0 Å². The SMILES string of the molecule is Brc1ccccc1Cc1cccc2ccccc12. The summed E-state index contributed by atoms with van der Waals surface area (Å²) >= 11 is 3.62. The first-order chi connectivity index (χ1) is 8.84. The summed E-state index contributed by atoms with van der Waals surface area (Å²) in [7, 11) is 0. The van der Waals surface area contributed by atoms with Crippen LogP contribution in [0.4, 0.5) is 0 Å². The van der Waals surface area contributed by atoms with Crippen LogP contribution in [0.5, 0.6) is 0 Å². The molecule has 0 aliphatic carbocycles. The summed E-state index contributed by atoms with van der Waals surface area (Å²) in [4.78, 5) is 0. The molecule has 3 rings (SSSR count). The van der Waals surface area contributed by atoms with Crippen molar-refractivity contribution in [2.75, 3.05) is 0 Å². The summed E-state index contributed by atoms with van der Waals surface area (Å²) < 4.78 is 1.18. The van der Waals surface area contributed by atoms with Crippen molar-refractivity contribution in [2.24, 2.45) is 0 Å². The van der Waals surface area contributed by atoms with Gasteiger partial charge >= 0.3 is 0 Å². The van der Waals surface area contributed by atoms with E-state index >= 15 is 0 Å². The van der Waals surface area contributed by atoms with Crippen LogP contribution >= 0.6 is 15.9 Å². The van der Waals surface area contributed by atoms with Gasteiger partial charge < -0.3 is 0 Å². The van der Waals surface area contributed by atoms with Crippen LogP contribution in [0, 0.1) is 0 Å². The summed E-state index contributed by atoms with van der Waals surface area (Å²) in [5.41, 5.74) is 2.70. The molecule has 0 aliphatic rings. The lowest BCUT2D eigenvalue weighted by molar-refractivity contribution is 1.20. The van der Waals surface area contributed by atoms with Gasteiger partial charge in [-0.1, -0.05) is 76.6 Å². The van der Waals surface area contributed by atoms with E-state index in [2.05, 4.69) is 82.7 Å². The molecule has 0 bridgehead atoms. The Hall–Kier alpha value is -1.60. The highest BCUT2D eigenvalue weighted by molar-refractivity contribution is 9.10. The van der Waals surface area contributed by atoms with Crippen LogP contribution in [0.2, 0.25) is 0 Å². The van der Waals surface area contributed by atoms with Gasteiger partial charge in [0.2, 0.25) is 0 Å². The zero-order valence-corrected chi connectivity index (χ0v) is 11.5. The predicted octanol–water partition coefficient (Wildman–Crippen LogP) is 5.19. The first-order valence-electron chi connectivity index (χ1n) is 6.04. The molecule has 0 atom stereocenters. The maximum absolute atomic E-state index is 3.62. The molecule has 0 spiro atoms. The van der Waals surface area contributed by atoms with E-state index in [0.717, 1.165) is 6.42 Å².